The van der Waals surface area contributed by atoms with Crippen molar-refractivity contribution in [3.05, 3.63) is 62.7 Å². The minimum Gasteiger partial charge on any atom is -0.460 e. The normalized spacial score (nSPS) is 17.7. The SMILES string of the molecule is O=C1C(Cl)=C(N2CCC(C(=O)OCc3cncs3)CC2)C(=O)c2ccccc21. The third kappa shape index (κ3) is 3.47. The Morgan fingerprint density at radius 1 is 1.18 bits per heavy atom. The summed E-state index contributed by atoms with van der Waals surface area (Å²) < 4.78 is 5.37. The van der Waals surface area contributed by atoms with E-state index in [0.29, 0.717) is 37.1 Å². The number of rotatable bonds is 4. The Hall–Kier alpha value is -2.51. The number of halogens is 1. The van der Waals surface area contributed by atoms with Gasteiger partial charge in [0.25, 0.3) is 0 Å². The third-order valence-electron chi connectivity index (χ3n) is 5.02. The molecule has 1 fully saturated rings. The van der Waals surface area contributed by atoms with Crippen molar-refractivity contribution in [3.8, 4) is 0 Å². The number of carbonyl (C=O) groups is 3. The topological polar surface area (TPSA) is 76.6 Å². The van der Waals surface area contributed by atoms with Crippen molar-refractivity contribution >= 4 is 40.5 Å². The van der Waals surface area contributed by atoms with Gasteiger partial charge in [0.05, 0.1) is 16.3 Å². The number of thiazole rings is 1. The van der Waals surface area contributed by atoms with Gasteiger partial charge < -0.3 is 9.64 Å². The highest BCUT2D eigenvalue weighted by Crippen LogP contribution is 2.33. The number of esters is 1. The van der Waals surface area contributed by atoms with Gasteiger partial charge in [0.2, 0.25) is 11.6 Å². The number of nitrogens with zero attached hydrogens (tertiary/aromatic N) is 2. The highest BCUT2D eigenvalue weighted by Gasteiger charge is 2.36. The smallest absolute Gasteiger partial charge is 0.309 e. The molecule has 1 aliphatic carbocycles. The number of hydrogen-bond acceptors (Lipinski definition) is 7. The van der Waals surface area contributed by atoms with Gasteiger partial charge in [-0.15, -0.1) is 11.3 Å². The van der Waals surface area contributed by atoms with Crippen LogP contribution < -0.4 is 0 Å². The van der Waals surface area contributed by atoms with Gasteiger partial charge in [-0.3, -0.25) is 19.4 Å². The highest BCUT2D eigenvalue weighted by atomic mass is 35.5. The molecule has 2 aromatic rings. The van der Waals surface area contributed by atoms with Gasteiger partial charge in [0.15, 0.2) is 0 Å². The molecule has 1 aliphatic heterocycles. The van der Waals surface area contributed by atoms with Crippen LogP contribution in [0.2, 0.25) is 0 Å². The Balaban J connectivity index is 1.42. The lowest BCUT2D eigenvalue weighted by Gasteiger charge is -2.35. The van der Waals surface area contributed by atoms with Crippen LogP contribution in [0.25, 0.3) is 0 Å². The number of fused-ring (bicyclic) bond motifs is 1. The average Bonchev–Trinajstić information content (AvgIpc) is 3.25. The van der Waals surface area contributed by atoms with Crippen LogP contribution in [-0.2, 0) is 16.1 Å². The number of ether oxygens (including phenoxy) is 1. The molecule has 0 spiro atoms. The minimum absolute atomic E-state index is 0.0464. The molecule has 0 bridgehead atoms. The zero-order chi connectivity index (χ0) is 19.7. The van der Waals surface area contributed by atoms with E-state index in [4.69, 9.17) is 16.3 Å². The summed E-state index contributed by atoms with van der Waals surface area (Å²) in [6, 6.07) is 6.69. The first-order valence-electron chi connectivity index (χ1n) is 8.93. The number of ketones is 2. The Morgan fingerprint density at radius 2 is 1.86 bits per heavy atom. The van der Waals surface area contributed by atoms with Crippen LogP contribution in [0.1, 0.15) is 38.4 Å². The Morgan fingerprint density at radius 3 is 2.50 bits per heavy atom. The van der Waals surface area contributed by atoms with Crippen molar-refractivity contribution in [2.45, 2.75) is 19.4 Å². The monoisotopic (exact) mass is 416 g/mol. The van der Waals surface area contributed by atoms with Crippen molar-refractivity contribution < 1.29 is 19.1 Å². The van der Waals surface area contributed by atoms with Gasteiger partial charge in [-0.2, -0.15) is 0 Å². The van der Waals surface area contributed by atoms with Gasteiger partial charge in [-0.05, 0) is 12.8 Å². The summed E-state index contributed by atoms with van der Waals surface area (Å²) in [4.78, 5) is 44.4. The van der Waals surface area contributed by atoms with Crippen molar-refractivity contribution in [1.29, 1.82) is 0 Å². The largest absolute Gasteiger partial charge is 0.460 e. The van der Waals surface area contributed by atoms with E-state index in [-0.39, 0.29) is 40.8 Å². The van der Waals surface area contributed by atoms with Crippen LogP contribution in [-0.4, -0.2) is 40.5 Å². The molecule has 0 amide bonds. The molecule has 4 rings (SSSR count). The van der Waals surface area contributed by atoms with E-state index in [0.717, 1.165) is 4.88 Å². The predicted molar refractivity (Wildman–Crippen MR) is 104 cm³/mol. The van der Waals surface area contributed by atoms with Crippen LogP contribution in [0, 0.1) is 5.92 Å². The first kappa shape index (κ1) is 18.8. The molecule has 0 atom stereocenters. The summed E-state index contributed by atoms with van der Waals surface area (Å²) in [5.74, 6) is -1.06. The van der Waals surface area contributed by atoms with Gasteiger partial charge in [-0.1, -0.05) is 35.9 Å². The second-order valence-corrected chi connectivity index (χ2v) is 8.05. The van der Waals surface area contributed by atoms with E-state index in [2.05, 4.69) is 4.98 Å². The van der Waals surface area contributed by atoms with E-state index in [9.17, 15) is 14.4 Å². The predicted octanol–water partition coefficient (Wildman–Crippen LogP) is 3.43. The lowest BCUT2D eigenvalue weighted by atomic mass is 9.90. The fraction of sp³-hybridized carbons (Fsp3) is 0.300. The molecule has 0 N–H and O–H groups in total. The molecular formula is C20H17ClN2O4S. The Labute approximate surface area is 170 Å². The number of allylic oxidation sites excluding steroid dienone is 2. The summed E-state index contributed by atoms with van der Waals surface area (Å²) in [6.07, 6.45) is 2.76. The highest BCUT2D eigenvalue weighted by molar-refractivity contribution is 7.09. The fourth-order valence-electron chi connectivity index (χ4n) is 3.53. The van der Waals surface area contributed by atoms with Crippen molar-refractivity contribution in [2.75, 3.05) is 13.1 Å². The maximum absolute atomic E-state index is 12.9. The molecule has 6 nitrogen and oxygen atoms in total. The maximum atomic E-state index is 12.9. The van der Waals surface area contributed by atoms with Gasteiger partial charge >= 0.3 is 5.97 Å². The average molecular weight is 417 g/mol. The molecular weight excluding hydrogens is 400 g/mol. The van der Waals surface area contributed by atoms with Gasteiger partial charge in [0.1, 0.15) is 17.3 Å². The number of hydrogen-bond donors (Lipinski definition) is 0. The van der Waals surface area contributed by atoms with Crippen LogP contribution in [0.3, 0.4) is 0 Å². The van der Waals surface area contributed by atoms with E-state index in [1.807, 2.05) is 4.90 Å². The minimum atomic E-state index is -0.335. The van der Waals surface area contributed by atoms with E-state index < -0.39 is 0 Å². The first-order valence-corrected chi connectivity index (χ1v) is 10.2. The molecule has 1 aromatic carbocycles. The van der Waals surface area contributed by atoms with Gasteiger partial charge in [-0.25, -0.2) is 0 Å². The number of likely N-dealkylation sites (tertiary alicyclic amines) is 1. The Bertz CT molecular complexity index is 962. The van der Waals surface area contributed by atoms with Crippen LogP contribution in [0.4, 0.5) is 0 Å². The van der Waals surface area contributed by atoms with E-state index in [1.165, 1.54) is 11.3 Å². The zero-order valence-corrected chi connectivity index (χ0v) is 16.5. The zero-order valence-electron chi connectivity index (χ0n) is 14.9. The summed E-state index contributed by atoms with van der Waals surface area (Å²) in [6.45, 7) is 1.16. The maximum Gasteiger partial charge on any atom is 0.309 e. The lowest BCUT2D eigenvalue weighted by Crippen LogP contribution is -2.40. The quantitative estimate of drug-likeness (QED) is 0.711. The molecule has 0 radical (unpaired) electrons. The number of piperidine rings is 1. The molecule has 8 heteroatoms. The van der Waals surface area contributed by atoms with Crippen molar-refractivity contribution in [2.24, 2.45) is 5.92 Å². The van der Waals surface area contributed by atoms with Crippen molar-refractivity contribution in [3.63, 3.8) is 0 Å². The summed E-state index contributed by atoms with van der Waals surface area (Å²) in [7, 11) is 0. The number of Topliss-reactive ketones (excluding diaryl/α,β-unsaturated/α-hetero) is 2. The second kappa shape index (κ2) is 7.85. The molecule has 2 aliphatic rings. The molecule has 1 aromatic heterocycles. The van der Waals surface area contributed by atoms with E-state index >= 15 is 0 Å². The lowest BCUT2D eigenvalue weighted by molar-refractivity contribution is -0.151. The third-order valence-corrected chi connectivity index (χ3v) is 6.13. The molecule has 0 saturated carbocycles. The fourth-order valence-corrected chi connectivity index (χ4v) is 4.34. The summed E-state index contributed by atoms with van der Waals surface area (Å²) in [5.41, 5.74) is 2.64. The first-order chi connectivity index (χ1) is 13.6. The van der Waals surface area contributed by atoms with Crippen LogP contribution in [0.5, 0.6) is 0 Å². The summed E-state index contributed by atoms with van der Waals surface area (Å²) >= 11 is 7.71. The number of benzene rings is 1. The van der Waals surface area contributed by atoms with Gasteiger partial charge in [0, 0.05) is 30.4 Å². The molecule has 2 heterocycles. The Kier molecular flexibility index (Phi) is 5.28. The second-order valence-electron chi connectivity index (χ2n) is 6.70. The standard InChI is InChI=1S/C20H17ClN2O4S/c21-16-17(19(25)15-4-2-1-3-14(15)18(16)24)23-7-5-12(6-8-23)20(26)27-10-13-9-22-11-28-13/h1-4,9,11-12H,5-8,10H2. The van der Waals surface area contributed by atoms with Crippen LogP contribution in [0.15, 0.2) is 46.7 Å². The number of carbonyl (C=O) groups excluding carboxylic acids is 3. The molecule has 1 saturated heterocycles. The molecule has 0 unspecified atom stereocenters. The molecule has 28 heavy (non-hydrogen) atoms. The van der Waals surface area contributed by atoms with E-state index in [1.54, 1.807) is 36.0 Å². The van der Waals surface area contributed by atoms with Crippen LogP contribution >= 0.6 is 22.9 Å². The summed E-state index contributed by atoms with van der Waals surface area (Å²) in [5, 5.41) is -0.0464. The molecule has 144 valence electrons. The van der Waals surface area contributed by atoms with Crippen molar-refractivity contribution in [1.82, 2.24) is 9.88 Å². The number of aromatic nitrogens is 1.